The normalized spacial score (nSPS) is 18.3. The fraction of sp³-hybridized carbons (Fsp3) is 0.533. The quantitative estimate of drug-likeness (QED) is 0.797. The molecule has 0 amide bonds. The van der Waals surface area contributed by atoms with Gasteiger partial charge in [0, 0.05) is 15.5 Å². The highest BCUT2D eigenvalue weighted by Gasteiger charge is 2.23. The van der Waals surface area contributed by atoms with Crippen molar-refractivity contribution >= 4 is 32.5 Å². The maximum atomic E-state index is 9.73. The van der Waals surface area contributed by atoms with Crippen LogP contribution >= 0.6 is 15.9 Å². The topological polar surface area (TPSA) is 60.9 Å². The summed E-state index contributed by atoms with van der Waals surface area (Å²) in [6, 6.07) is 4.20. The van der Waals surface area contributed by atoms with E-state index in [0.29, 0.717) is 5.92 Å². The number of aliphatic hydroxyl groups is 1. The molecule has 20 heavy (non-hydrogen) atoms. The molecule has 3 N–H and O–H groups in total. The molecule has 1 aromatic heterocycles. The third kappa shape index (κ3) is 2.83. The number of benzene rings is 1. The monoisotopic (exact) mass is 337 g/mol. The third-order valence-corrected chi connectivity index (χ3v) is 4.74. The standard InChI is InChI=1S/C15H20BrN3O/c16-11-6-13(12-8-17-19-14(12)7-11)18-15(9-20)10-4-2-1-3-5-10/h6-8,10,15,18,20H,1-5,9H2,(H,17,19). The molecule has 0 spiro atoms. The SMILES string of the molecule is OCC(Nc1cc(Br)cc2[nH]ncc12)C1CCCCC1. The average molecular weight is 338 g/mol. The lowest BCUT2D eigenvalue weighted by Gasteiger charge is -2.30. The summed E-state index contributed by atoms with van der Waals surface area (Å²) in [7, 11) is 0. The first-order chi connectivity index (χ1) is 9.78. The maximum absolute atomic E-state index is 9.73. The van der Waals surface area contributed by atoms with Gasteiger partial charge >= 0.3 is 0 Å². The Morgan fingerprint density at radius 2 is 2.15 bits per heavy atom. The van der Waals surface area contributed by atoms with E-state index in [2.05, 4.69) is 37.5 Å². The van der Waals surface area contributed by atoms with Crippen molar-refractivity contribution in [1.82, 2.24) is 10.2 Å². The van der Waals surface area contributed by atoms with Crippen LogP contribution in [0.3, 0.4) is 0 Å². The van der Waals surface area contributed by atoms with E-state index in [4.69, 9.17) is 0 Å². The number of rotatable bonds is 4. The van der Waals surface area contributed by atoms with Crippen LogP contribution in [0.1, 0.15) is 32.1 Å². The van der Waals surface area contributed by atoms with E-state index in [1.54, 1.807) is 0 Å². The number of nitrogens with zero attached hydrogens (tertiary/aromatic N) is 1. The van der Waals surface area contributed by atoms with Gasteiger partial charge in [-0.25, -0.2) is 0 Å². The fourth-order valence-corrected chi connectivity index (χ4v) is 3.64. The lowest BCUT2D eigenvalue weighted by molar-refractivity contribution is 0.210. The molecular weight excluding hydrogens is 318 g/mol. The van der Waals surface area contributed by atoms with E-state index in [1.165, 1.54) is 32.1 Å². The predicted molar refractivity (Wildman–Crippen MR) is 84.9 cm³/mol. The van der Waals surface area contributed by atoms with E-state index in [1.807, 2.05) is 12.3 Å². The number of anilines is 1. The van der Waals surface area contributed by atoms with Crippen LogP contribution < -0.4 is 5.32 Å². The highest BCUT2D eigenvalue weighted by molar-refractivity contribution is 9.10. The maximum Gasteiger partial charge on any atom is 0.0682 e. The van der Waals surface area contributed by atoms with E-state index >= 15 is 0 Å². The molecule has 0 radical (unpaired) electrons. The van der Waals surface area contributed by atoms with Crippen LogP contribution in [0.4, 0.5) is 5.69 Å². The van der Waals surface area contributed by atoms with E-state index in [0.717, 1.165) is 21.1 Å². The second kappa shape index (κ2) is 6.14. The zero-order valence-corrected chi connectivity index (χ0v) is 13.0. The second-order valence-electron chi connectivity index (χ2n) is 5.62. The minimum Gasteiger partial charge on any atom is -0.394 e. The first-order valence-electron chi connectivity index (χ1n) is 7.28. The molecule has 2 aromatic rings. The van der Waals surface area contributed by atoms with Crippen LogP contribution in [-0.4, -0.2) is 28.0 Å². The lowest BCUT2D eigenvalue weighted by Crippen LogP contribution is -2.34. The second-order valence-corrected chi connectivity index (χ2v) is 6.53. The Labute approximate surface area is 127 Å². The van der Waals surface area contributed by atoms with Gasteiger partial charge in [0.05, 0.1) is 24.4 Å². The minimum atomic E-state index is 0.127. The summed E-state index contributed by atoms with van der Waals surface area (Å²) >= 11 is 3.53. The first kappa shape index (κ1) is 13.9. The molecule has 1 aliphatic carbocycles. The molecule has 108 valence electrons. The Bertz CT molecular complexity index is 578. The first-order valence-corrected chi connectivity index (χ1v) is 8.07. The van der Waals surface area contributed by atoms with Crippen LogP contribution in [0.5, 0.6) is 0 Å². The van der Waals surface area contributed by atoms with Crippen LogP contribution in [0, 0.1) is 5.92 Å². The third-order valence-electron chi connectivity index (χ3n) is 4.28. The number of hydrogen-bond donors (Lipinski definition) is 3. The zero-order valence-electron chi connectivity index (χ0n) is 11.4. The van der Waals surface area contributed by atoms with E-state index < -0.39 is 0 Å². The van der Waals surface area contributed by atoms with Gasteiger partial charge in [-0.15, -0.1) is 0 Å². The summed E-state index contributed by atoms with van der Waals surface area (Å²) in [5.74, 6) is 0.565. The molecule has 1 aromatic carbocycles. The molecule has 3 rings (SSSR count). The molecule has 1 atom stereocenters. The average Bonchev–Trinajstić information content (AvgIpc) is 2.93. The van der Waals surface area contributed by atoms with Crippen molar-refractivity contribution in [3.05, 3.63) is 22.8 Å². The minimum absolute atomic E-state index is 0.127. The number of nitrogens with one attached hydrogen (secondary N) is 2. The number of halogens is 1. The van der Waals surface area contributed by atoms with Crippen molar-refractivity contribution in [3.8, 4) is 0 Å². The molecule has 1 saturated carbocycles. The van der Waals surface area contributed by atoms with Gasteiger partial charge in [-0.3, -0.25) is 5.10 Å². The highest BCUT2D eigenvalue weighted by Crippen LogP contribution is 2.31. The van der Waals surface area contributed by atoms with Crippen molar-refractivity contribution in [1.29, 1.82) is 0 Å². The number of fused-ring (bicyclic) bond motifs is 1. The van der Waals surface area contributed by atoms with Gasteiger partial charge in [-0.1, -0.05) is 35.2 Å². The smallest absolute Gasteiger partial charge is 0.0682 e. The van der Waals surface area contributed by atoms with Gasteiger partial charge in [0.2, 0.25) is 0 Å². The Balaban J connectivity index is 1.84. The van der Waals surface area contributed by atoms with Gasteiger partial charge in [-0.05, 0) is 30.9 Å². The van der Waals surface area contributed by atoms with Gasteiger partial charge in [0.25, 0.3) is 0 Å². The van der Waals surface area contributed by atoms with Crippen molar-refractivity contribution in [2.45, 2.75) is 38.1 Å². The molecule has 0 aliphatic heterocycles. The van der Waals surface area contributed by atoms with E-state index in [9.17, 15) is 5.11 Å². The molecule has 1 aliphatic rings. The number of hydrogen-bond acceptors (Lipinski definition) is 3. The van der Waals surface area contributed by atoms with Crippen LogP contribution in [0.25, 0.3) is 10.9 Å². The number of aliphatic hydroxyl groups excluding tert-OH is 1. The summed E-state index contributed by atoms with van der Waals surface area (Å²) in [5, 5.41) is 21.4. The van der Waals surface area contributed by atoms with Crippen molar-refractivity contribution < 1.29 is 5.11 Å². The Morgan fingerprint density at radius 1 is 1.35 bits per heavy atom. The van der Waals surface area contributed by atoms with Crippen molar-refractivity contribution in [2.75, 3.05) is 11.9 Å². The van der Waals surface area contributed by atoms with Crippen molar-refractivity contribution in [2.24, 2.45) is 5.92 Å². The van der Waals surface area contributed by atoms with Crippen molar-refractivity contribution in [3.63, 3.8) is 0 Å². The van der Waals surface area contributed by atoms with Gasteiger partial charge < -0.3 is 10.4 Å². The van der Waals surface area contributed by atoms with Crippen LogP contribution in [0.2, 0.25) is 0 Å². The van der Waals surface area contributed by atoms with Crippen LogP contribution in [-0.2, 0) is 0 Å². The van der Waals surface area contributed by atoms with Gasteiger partial charge in [0.1, 0.15) is 0 Å². The molecule has 1 unspecified atom stereocenters. The summed E-state index contributed by atoms with van der Waals surface area (Å²) in [6.45, 7) is 0.177. The Kier molecular flexibility index (Phi) is 4.27. The number of aromatic nitrogens is 2. The summed E-state index contributed by atoms with van der Waals surface area (Å²) in [5.41, 5.74) is 2.04. The number of aromatic amines is 1. The highest BCUT2D eigenvalue weighted by atomic mass is 79.9. The molecule has 1 heterocycles. The Morgan fingerprint density at radius 3 is 2.90 bits per heavy atom. The summed E-state index contributed by atoms with van der Waals surface area (Å²) in [4.78, 5) is 0. The number of H-pyrrole nitrogens is 1. The largest absolute Gasteiger partial charge is 0.394 e. The van der Waals surface area contributed by atoms with Gasteiger partial charge in [0.15, 0.2) is 0 Å². The van der Waals surface area contributed by atoms with E-state index in [-0.39, 0.29) is 12.6 Å². The van der Waals surface area contributed by atoms with Gasteiger partial charge in [-0.2, -0.15) is 5.10 Å². The predicted octanol–water partition coefficient (Wildman–Crippen LogP) is 3.68. The Hall–Kier alpha value is -1.07. The molecular formula is C15H20BrN3O. The molecule has 5 heteroatoms. The molecule has 1 fully saturated rings. The zero-order chi connectivity index (χ0) is 13.9. The molecule has 0 saturated heterocycles. The summed E-state index contributed by atoms with van der Waals surface area (Å²) < 4.78 is 1.01. The molecule has 0 bridgehead atoms. The fourth-order valence-electron chi connectivity index (χ4n) is 3.18. The lowest BCUT2D eigenvalue weighted by atomic mass is 9.84. The van der Waals surface area contributed by atoms with Crippen LogP contribution in [0.15, 0.2) is 22.8 Å². The molecule has 4 nitrogen and oxygen atoms in total. The summed E-state index contributed by atoms with van der Waals surface area (Å²) in [6.07, 6.45) is 8.14.